The Kier molecular flexibility index (Phi) is 5.63. The summed E-state index contributed by atoms with van der Waals surface area (Å²) >= 11 is 0. The summed E-state index contributed by atoms with van der Waals surface area (Å²) in [4.78, 5) is 12.9. The molecule has 1 unspecified atom stereocenters. The van der Waals surface area contributed by atoms with E-state index in [9.17, 15) is 15.0 Å². The monoisotopic (exact) mass is 266 g/mol. The van der Waals surface area contributed by atoms with Crippen molar-refractivity contribution in [2.24, 2.45) is 5.73 Å². The molecule has 1 atom stereocenters. The quantitative estimate of drug-likeness (QED) is 0.698. The van der Waals surface area contributed by atoms with E-state index in [2.05, 4.69) is 6.92 Å². The van der Waals surface area contributed by atoms with Gasteiger partial charge in [-0.3, -0.25) is 4.79 Å². The lowest BCUT2D eigenvalue weighted by Crippen LogP contribution is -2.34. The Hall–Kier alpha value is -1.75. The van der Waals surface area contributed by atoms with E-state index in [-0.39, 0.29) is 12.3 Å². The number of carbonyl (C=O) groups excluding carboxylic acids is 1. The number of aromatic hydroxyl groups is 1. The maximum atomic E-state index is 11.1. The smallest absolute Gasteiger partial charge is 0.236 e. The number of aliphatic hydroxyl groups is 1. The van der Waals surface area contributed by atoms with Gasteiger partial charge < -0.3 is 20.8 Å². The molecule has 0 aliphatic carbocycles. The Morgan fingerprint density at radius 1 is 1.47 bits per heavy atom. The second-order valence-corrected chi connectivity index (χ2v) is 4.66. The lowest BCUT2D eigenvalue weighted by molar-refractivity contribution is -0.116. The molecular weight excluding hydrogens is 244 g/mol. The van der Waals surface area contributed by atoms with Crippen molar-refractivity contribution in [1.29, 1.82) is 0 Å². The van der Waals surface area contributed by atoms with E-state index >= 15 is 0 Å². The summed E-state index contributed by atoms with van der Waals surface area (Å²) in [5.74, 6) is -0.381. The fourth-order valence-electron chi connectivity index (χ4n) is 1.92. The molecule has 0 saturated carbocycles. The van der Waals surface area contributed by atoms with Crippen molar-refractivity contribution in [2.45, 2.75) is 32.8 Å². The Labute approximate surface area is 113 Å². The molecule has 1 aromatic carbocycles. The fourth-order valence-corrected chi connectivity index (χ4v) is 1.92. The molecule has 1 amide bonds. The standard InChI is InChI=1S/C14H22N2O3/c1-3-4-7-16(9-14(15)19)11-5-6-12(10(2)17)13(18)8-11/h5-6,8,10,17-18H,3-4,7,9H2,1-2H3,(H2,15,19). The van der Waals surface area contributed by atoms with Crippen molar-refractivity contribution in [3.8, 4) is 5.75 Å². The van der Waals surface area contributed by atoms with E-state index in [0.29, 0.717) is 12.1 Å². The van der Waals surface area contributed by atoms with Gasteiger partial charge in [0.1, 0.15) is 5.75 Å². The van der Waals surface area contributed by atoms with Crippen LogP contribution < -0.4 is 10.6 Å². The van der Waals surface area contributed by atoms with Gasteiger partial charge in [0.2, 0.25) is 5.91 Å². The summed E-state index contributed by atoms with van der Waals surface area (Å²) in [7, 11) is 0. The number of amides is 1. The number of aliphatic hydroxyl groups excluding tert-OH is 1. The third-order valence-electron chi connectivity index (χ3n) is 2.96. The van der Waals surface area contributed by atoms with Crippen LogP contribution in [-0.4, -0.2) is 29.2 Å². The number of hydrogen-bond acceptors (Lipinski definition) is 4. The van der Waals surface area contributed by atoms with Crippen molar-refractivity contribution in [3.05, 3.63) is 23.8 Å². The summed E-state index contributed by atoms with van der Waals surface area (Å²) in [6.45, 7) is 4.48. The number of carbonyl (C=O) groups is 1. The number of unbranched alkanes of at least 4 members (excludes halogenated alkanes) is 1. The van der Waals surface area contributed by atoms with Gasteiger partial charge in [-0.05, 0) is 19.4 Å². The van der Waals surface area contributed by atoms with Crippen LogP contribution in [0.5, 0.6) is 5.75 Å². The molecule has 1 rings (SSSR count). The molecule has 5 heteroatoms. The van der Waals surface area contributed by atoms with Crippen LogP contribution in [-0.2, 0) is 4.79 Å². The molecule has 0 heterocycles. The van der Waals surface area contributed by atoms with Crippen LogP contribution in [0.1, 0.15) is 38.4 Å². The molecule has 106 valence electrons. The zero-order valence-corrected chi connectivity index (χ0v) is 11.5. The summed E-state index contributed by atoms with van der Waals surface area (Å²) < 4.78 is 0. The molecule has 19 heavy (non-hydrogen) atoms. The van der Waals surface area contributed by atoms with Gasteiger partial charge in [0.15, 0.2) is 0 Å². The molecule has 0 saturated heterocycles. The van der Waals surface area contributed by atoms with Gasteiger partial charge in [0, 0.05) is 23.9 Å². The highest BCUT2D eigenvalue weighted by Crippen LogP contribution is 2.29. The Morgan fingerprint density at radius 3 is 2.63 bits per heavy atom. The Balaban J connectivity index is 2.95. The average molecular weight is 266 g/mol. The van der Waals surface area contributed by atoms with Crippen molar-refractivity contribution in [3.63, 3.8) is 0 Å². The number of benzene rings is 1. The largest absolute Gasteiger partial charge is 0.507 e. The highest BCUT2D eigenvalue weighted by Gasteiger charge is 2.13. The van der Waals surface area contributed by atoms with E-state index in [4.69, 9.17) is 5.73 Å². The van der Waals surface area contributed by atoms with Crippen molar-refractivity contribution >= 4 is 11.6 Å². The van der Waals surface area contributed by atoms with E-state index in [1.165, 1.54) is 0 Å². The highest BCUT2D eigenvalue weighted by atomic mass is 16.3. The molecule has 5 nitrogen and oxygen atoms in total. The number of nitrogens with zero attached hydrogens (tertiary/aromatic N) is 1. The molecule has 1 aromatic rings. The molecule has 0 aromatic heterocycles. The van der Waals surface area contributed by atoms with Crippen LogP contribution in [0.3, 0.4) is 0 Å². The van der Waals surface area contributed by atoms with E-state index < -0.39 is 12.0 Å². The number of anilines is 1. The third-order valence-corrected chi connectivity index (χ3v) is 2.96. The van der Waals surface area contributed by atoms with E-state index in [0.717, 1.165) is 18.5 Å². The minimum atomic E-state index is -0.728. The van der Waals surface area contributed by atoms with Gasteiger partial charge in [-0.25, -0.2) is 0 Å². The van der Waals surface area contributed by atoms with Gasteiger partial charge >= 0.3 is 0 Å². The summed E-state index contributed by atoms with van der Waals surface area (Å²) in [6, 6.07) is 5.00. The molecule has 0 aliphatic heterocycles. The number of nitrogens with two attached hydrogens (primary N) is 1. The first-order chi connectivity index (χ1) is 8.95. The normalized spacial score (nSPS) is 12.2. The van der Waals surface area contributed by atoms with Gasteiger partial charge in [-0.15, -0.1) is 0 Å². The molecule has 0 radical (unpaired) electrons. The molecular formula is C14H22N2O3. The number of rotatable bonds is 7. The SMILES string of the molecule is CCCCN(CC(N)=O)c1ccc(C(C)O)c(O)c1. The van der Waals surface area contributed by atoms with Gasteiger partial charge in [-0.2, -0.15) is 0 Å². The van der Waals surface area contributed by atoms with Crippen LogP contribution in [0.2, 0.25) is 0 Å². The lowest BCUT2D eigenvalue weighted by Gasteiger charge is -2.24. The third kappa shape index (κ3) is 4.44. The maximum Gasteiger partial charge on any atom is 0.236 e. The topological polar surface area (TPSA) is 86.8 Å². The first-order valence-corrected chi connectivity index (χ1v) is 6.50. The minimum absolute atomic E-state index is 0.0264. The van der Waals surface area contributed by atoms with Gasteiger partial charge in [0.05, 0.1) is 12.6 Å². The molecule has 0 aliphatic rings. The van der Waals surface area contributed by atoms with Crippen LogP contribution >= 0.6 is 0 Å². The number of phenols is 1. The first-order valence-electron chi connectivity index (χ1n) is 6.50. The van der Waals surface area contributed by atoms with Gasteiger partial charge in [0.25, 0.3) is 0 Å². The Bertz CT molecular complexity index is 433. The van der Waals surface area contributed by atoms with Crippen molar-refractivity contribution in [1.82, 2.24) is 0 Å². The van der Waals surface area contributed by atoms with E-state index in [1.54, 1.807) is 25.1 Å². The minimum Gasteiger partial charge on any atom is -0.507 e. The summed E-state index contributed by atoms with van der Waals surface area (Å²) in [5, 5.41) is 19.3. The van der Waals surface area contributed by atoms with Crippen LogP contribution in [0.4, 0.5) is 5.69 Å². The second-order valence-electron chi connectivity index (χ2n) is 4.66. The zero-order valence-electron chi connectivity index (χ0n) is 11.5. The van der Waals surface area contributed by atoms with Crippen LogP contribution in [0.15, 0.2) is 18.2 Å². The maximum absolute atomic E-state index is 11.1. The fraction of sp³-hybridized carbons (Fsp3) is 0.500. The highest BCUT2D eigenvalue weighted by molar-refractivity contribution is 5.79. The molecule has 0 spiro atoms. The van der Waals surface area contributed by atoms with Crippen molar-refractivity contribution < 1.29 is 15.0 Å². The predicted octanol–water partition coefficient (Wildman–Crippen LogP) is 1.54. The summed E-state index contributed by atoms with van der Waals surface area (Å²) in [6.07, 6.45) is 1.22. The van der Waals surface area contributed by atoms with Crippen molar-refractivity contribution in [2.75, 3.05) is 18.0 Å². The second kappa shape index (κ2) is 6.99. The number of phenolic OH excluding ortho intramolecular Hbond substituents is 1. The lowest BCUT2D eigenvalue weighted by atomic mass is 10.1. The van der Waals surface area contributed by atoms with E-state index in [1.807, 2.05) is 4.90 Å². The first kappa shape index (κ1) is 15.3. The van der Waals surface area contributed by atoms with Crippen LogP contribution in [0.25, 0.3) is 0 Å². The number of primary amides is 1. The molecule has 0 bridgehead atoms. The average Bonchev–Trinajstić information content (AvgIpc) is 2.33. The van der Waals surface area contributed by atoms with Gasteiger partial charge in [-0.1, -0.05) is 19.4 Å². The van der Waals surface area contributed by atoms with Crippen LogP contribution in [0, 0.1) is 0 Å². The molecule has 4 N–H and O–H groups in total. The predicted molar refractivity (Wildman–Crippen MR) is 75.1 cm³/mol. The molecule has 0 fully saturated rings. The number of hydrogen-bond donors (Lipinski definition) is 3. The summed E-state index contributed by atoms with van der Waals surface area (Å²) in [5.41, 5.74) is 6.44. The Morgan fingerprint density at radius 2 is 2.16 bits per heavy atom. The zero-order chi connectivity index (χ0) is 14.4.